The highest BCUT2D eigenvalue weighted by molar-refractivity contribution is 7.89. The van der Waals surface area contributed by atoms with Gasteiger partial charge in [-0.15, -0.1) is 0 Å². The van der Waals surface area contributed by atoms with Crippen LogP contribution in [0.4, 0.5) is 11.4 Å². The molecule has 1 aromatic carbocycles. The summed E-state index contributed by atoms with van der Waals surface area (Å²) in [6, 6.07) is 4.58. The van der Waals surface area contributed by atoms with E-state index in [1.54, 1.807) is 12.1 Å². The van der Waals surface area contributed by atoms with Crippen molar-refractivity contribution in [3.63, 3.8) is 0 Å². The van der Waals surface area contributed by atoms with Crippen LogP contribution in [0.25, 0.3) is 0 Å². The van der Waals surface area contributed by atoms with Gasteiger partial charge in [0.05, 0.1) is 16.3 Å². The third-order valence-corrected chi connectivity index (χ3v) is 3.69. The summed E-state index contributed by atoms with van der Waals surface area (Å²) in [7, 11) is -3.65. The third kappa shape index (κ3) is 2.12. The molecule has 0 saturated carbocycles. The standard InChI is InChI=1S/C10H15N3O2S/c11-9-4-3-8(16(12,14)15)7-10(9)13-5-1-2-6-13/h3-4,7H,1-2,5-6,11H2,(H2,12,14,15). The minimum Gasteiger partial charge on any atom is -0.397 e. The van der Waals surface area contributed by atoms with Crippen molar-refractivity contribution < 1.29 is 8.42 Å². The molecule has 88 valence electrons. The van der Waals surface area contributed by atoms with Crippen LogP contribution in [0.2, 0.25) is 0 Å². The molecule has 0 aromatic heterocycles. The monoisotopic (exact) mass is 241 g/mol. The smallest absolute Gasteiger partial charge is 0.238 e. The Kier molecular flexibility index (Phi) is 2.77. The van der Waals surface area contributed by atoms with E-state index in [1.807, 2.05) is 0 Å². The van der Waals surface area contributed by atoms with Crippen molar-refractivity contribution in [1.29, 1.82) is 0 Å². The molecule has 1 aliphatic heterocycles. The summed E-state index contributed by atoms with van der Waals surface area (Å²) in [5.41, 5.74) is 7.19. The molecule has 2 rings (SSSR count). The normalized spacial score (nSPS) is 16.7. The van der Waals surface area contributed by atoms with E-state index in [0.717, 1.165) is 31.6 Å². The Morgan fingerprint density at radius 2 is 1.81 bits per heavy atom. The number of sulfonamides is 1. The van der Waals surface area contributed by atoms with Gasteiger partial charge in [-0.3, -0.25) is 0 Å². The second-order valence-corrected chi connectivity index (χ2v) is 5.52. The van der Waals surface area contributed by atoms with Crippen LogP contribution in [-0.4, -0.2) is 21.5 Å². The van der Waals surface area contributed by atoms with E-state index in [2.05, 4.69) is 4.90 Å². The average molecular weight is 241 g/mol. The Balaban J connectivity index is 2.44. The summed E-state index contributed by atoms with van der Waals surface area (Å²) in [6.45, 7) is 1.83. The fourth-order valence-electron chi connectivity index (χ4n) is 1.93. The largest absolute Gasteiger partial charge is 0.397 e. The number of anilines is 2. The van der Waals surface area contributed by atoms with E-state index in [9.17, 15) is 8.42 Å². The van der Waals surface area contributed by atoms with E-state index < -0.39 is 10.0 Å². The fraction of sp³-hybridized carbons (Fsp3) is 0.400. The summed E-state index contributed by atoms with van der Waals surface area (Å²) in [6.07, 6.45) is 2.22. The first-order chi connectivity index (χ1) is 7.48. The maximum atomic E-state index is 11.2. The lowest BCUT2D eigenvalue weighted by Gasteiger charge is -2.20. The summed E-state index contributed by atoms with van der Waals surface area (Å²) in [4.78, 5) is 2.20. The van der Waals surface area contributed by atoms with Crippen LogP contribution in [0.15, 0.2) is 23.1 Å². The van der Waals surface area contributed by atoms with E-state index in [1.165, 1.54) is 6.07 Å². The molecule has 16 heavy (non-hydrogen) atoms. The molecule has 5 nitrogen and oxygen atoms in total. The van der Waals surface area contributed by atoms with Gasteiger partial charge in [-0.1, -0.05) is 0 Å². The summed E-state index contributed by atoms with van der Waals surface area (Å²) in [5.74, 6) is 0. The number of nitrogens with zero attached hydrogens (tertiary/aromatic N) is 1. The zero-order chi connectivity index (χ0) is 11.8. The molecule has 1 aromatic rings. The van der Waals surface area contributed by atoms with Gasteiger partial charge in [0.2, 0.25) is 10.0 Å². The molecular formula is C10H15N3O2S. The molecule has 1 saturated heterocycles. The summed E-state index contributed by atoms with van der Waals surface area (Å²) in [5, 5.41) is 5.09. The molecule has 1 fully saturated rings. The van der Waals surface area contributed by atoms with E-state index >= 15 is 0 Å². The van der Waals surface area contributed by atoms with Gasteiger partial charge in [-0.25, -0.2) is 13.6 Å². The topological polar surface area (TPSA) is 89.4 Å². The first kappa shape index (κ1) is 11.2. The molecule has 0 unspecified atom stereocenters. The maximum Gasteiger partial charge on any atom is 0.238 e. The molecule has 0 atom stereocenters. The van der Waals surface area contributed by atoms with Crippen LogP contribution in [0.5, 0.6) is 0 Å². The van der Waals surface area contributed by atoms with Crippen molar-refractivity contribution >= 4 is 21.4 Å². The molecular weight excluding hydrogens is 226 g/mol. The molecule has 0 amide bonds. The summed E-state index contributed by atoms with van der Waals surface area (Å²) >= 11 is 0. The van der Waals surface area contributed by atoms with E-state index in [0.29, 0.717) is 5.69 Å². The SMILES string of the molecule is Nc1ccc(S(N)(=O)=O)cc1N1CCCC1. The number of nitrogens with two attached hydrogens (primary N) is 2. The lowest BCUT2D eigenvalue weighted by Crippen LogP contribution is -2.20. The summed E-state index contributed by atoms with van der Waals surface area (Å²) < 4.78 is 22.5. The first-order valence-corrected chi connectivity index (χ1v) is 6.70. The van der Waals surface area contributed by atoms with Crippen LogP contribution in [0.3, 0.4) is 0 Å². The number of primary sulfonamides is 1. The number of hydrogen-bond acceptors (Lipinski definition) is 4. The van der Waals surface area contributed by atoms with Gasteiger partial charge in [-0.2, -0.15) is 0 Å². The predicted molar refractivity (Wildman–Crippen MR) is 63.7 cm³/mol. The number of rotatable bonds is 2. The molecule has 0 aliphatic carbocycles. The molecule has 0 radical (unpaired) electrons. The van der Waals surface area contributed by atoms with Gasteiger partial charge in [-0.05, 0) is 31.0 Å². The van der Waals surface area contributed by atoms with Gasteiger partial charge in [0.1, 0.15) is 0 Å². The van der Waals surface area contributed by atoms with Gasteiger partial charge in [0.25, 0.3) is 0 Å². The lowest BCUT2D eigenvalue weighted by molar-refractivity contribution is 0.598. The van der Waals surface area contributed by atoms with Crippen LogP contribution >= 0.6 is 0 Å². The minimum atomic E-state index is -3.65. The van der Waals surface area contributed by atoms with Crippen molar-refractivity contribution in [2.75, 3.05) is 23.7 Å². The lowest BCUT2D eigenvalue weighted by atomic mass is 10.2. The Morgan fingerprint density at radius 3 is 2.38 bits per heavy atom. The second kappa shape index (κ2) is 3.95. The van der Waals surface area contributed by atoms with Crippen molar-refractivity contribution in [3.05, 3.63) is 18.2 Å². The zero-order valence-corrected chi connectivity index (χ0v) is 9.70. The first-order valence-electron chi connectivity index (χ1n) is 5.16. The van der Waals surface area contributed by atoms with Crippen molar-refractivity contribution in [2.24, 2.45) is 5.14 Å². The quantitative estimate of drug-likeness (QED) is 0.738. The fourth-order valence-corrected chi connectivity index (χ4v) is 2.47. The number of hydrogen-bond donors (Lipinski definition) is 2. The predicted octanol–water partition coefficient (Wildman–Crippen LogP) is 0.516. The number of benzene rings is 1. The highest BCUT2D eigenvalue weighted by Crippen LogP contribution is 2.28. The molecule has 1 heterocycles. The molecule has 4 N–H and O–H groups in total. The Morgan fingerprint density at radius 1 is 1.19 bits per heavy atom. The van der Waals surface area contributed by atoms with Crippen molar-refractivity contribution in [1.82, 2.24) is 0 Å². The second-order valence-electron chi connectivity index (χ2n) is 3.96. The zero-order valence-electron chi connectivity index (χ0n) is 8.89. The number of nitrogen functional groups attached to an aromatic ring is 1. The Bertz CT molecular complexity index is 493. The Labute approximate surface area is 95.1 Å². The van der Waals surface area contributed by atoms with Crippen LogP contribution in [0, 0.1) is 0 Å². The molecule has 6 heteroatoms. The highest BCUT2D eigenvalue weighted by Gasteiger charge is 2.17. The van der Waals surface area contributed by atoms with Gasteiger partial charge in [0, 0.05) is 13.1 Å². The third-order valence-electron chi connectivity index (χ3n) is 2.78. The van der Waals surface area contributed by atoms with Gasteiger partial charge in [0.15, 0.2) is 0 Å². The minimum absolute atomic E-state index is 0.114. The van der Waals surface area contributed by atoms with Crippen LogP contribution in [0.1, 0.15) is 12.8 Å². The molecule has 0 spiro atoms. The average Bonchev–Trinajstić information content (AvgIpc) is 2.69. The van der Waals surface area contributed by atoms with E-state index in [4.69, 9.17) is 10.9 Å². The molecule has 0 bridgehead atoms. The van der Waals surface area contributed by atoms with Crippen molar-refractivity contribution in [2.45, 2.75) is 17.7 Å². The van der Waals surface area contributed by atoms with E-state index in [-0.39, 0.29) is 4.90 Å². The maximum absolute atomic E-state index is 11.2. The van der Waals surface area contributed by atoms with Crippen molar-refractivity contribution in [3.8, 4) is 0 Å². The van der Waals surface area contributed by atoms with Gasteiger partial charge < -0.3 is 10.6 Å². The Hall–Kier alpha value is -1.27. The van der Waals surface area contributed by atoms with Crippen LogP contribution < -0.4 is 15.8 Å². The van der Waals surface area contributed by atoms with Crippen LogP contribution in [-0.2, 0) is 10.0 Å². The molecule has 1 aliphatic rings. The highest BCUT2D eigenvalue weighted by atomic mass is 32.2. The van der Waals surface area contributed by atoms with Gasteiger partial charge >= 0.3 is 0 Å².